The molecule has 0 unspecified atom stereocenters. The Morgan fingerprint density at radius 2 is 1.78 bits per heavy atom. The van der Waals surface area contributed by atoms with Crippen LogP contribution >= 0.6 is 11.8 Å². The molecule has 2 heterocycles. The summed E-state index contributed by atoms with van der Waals surface area (Å²) in [6.07, 6.45) is 1.63. The van der Waals surface area contributed by atoms with Gasteiger partial charge >= 0.3 is 0 Å². The number of thioether (sulfide) groups is 1. The first-order valence-corrected chi connectivity index (χ1v) is 12.7. The van der Waals surface area contributed by atoms with Crippen LogP contribution in [0.4, 0.5) is 0 Å². The van der Waals surface area contributed by atoms with E-state index >= 15 is 0 Å². The summed E-state index contributed by atoms with van der Waals surface area (Å²) in [4.78, 5) is 16.8. The largest absolute Gasteiger partial charge is 0.490 e. The van der Waals surface area contributed by atoms with Gasteiger partial charge in [0.1, 0.15) is 24.0 Å². The molecule has 4 rings (SSSR count). The summed E-state index contributed by atoms with van der Waals surface area (Å²) in [7, 11) is 0. The number of rotatable bonds is 9. The van der Waals surface area contributed by atoms with Crippen molar-refractivity contribution >= 4 is 39.8 Å². The molecule has 0 saturated heterocycles. The molecule has 188 valence electrons. The van der Waals surface area contributed by atoms with E-state index in [1.54, 1.807) is 18.2 Å². The molecule has 2 aromatic carbocycles. The average Bonchev–Trinajstić information content (AvgIpc) is 3.27. The SMILES string of the molecule is CCOc1cc(/C=C2\C(=N)N3N=C(C(C)C)SC3=NC2=O)ccc1OCCOc1c(C)cccc1C. The number of aliphatic imine (C=N–C) groups is 1. The van der Waals surface area contributed by atoms with Crippen molar-refractivity contribution in [3.63, 3.8) is 0 Å². The fourth-order valence-electron chi connectivity index (χ4n) is 3.73. The molecule has 0 aliphatic carbocycles. The number of fused-ring (bicyclic) bond motifs is 1. The van der Waals surface area contributed by atoms with Crippen molar-refractivity contribution in [2.45, 2.75) is 34.6 Å². The van der Waals surface area contributed by atoms with Crippen LogP contribution in [-0.2, 0) is 4.79 Å². The van der Waals surface area contributed by atoms with Gasteiger partial charge in [0.15, 0.2) is 17.3 Å². The summed E-state index contributed by atoms with van der Waals surface area (Å²) in [6.45, 7) is 11.2. The van der Waals surface area contributed by atoms with Crippen molar-refractivity contribution in [1.82, 2.24) is 5.01 Å². The molecule has 0 fully saturated rings. The highest BCUT2D eigenvalue weighted by atomic mass is 32.2. The topological polar surface area (TPSA) is 96.6 Å². The lowest BCUT2D eigenvalue weighted by molar-refractivity contribution is -0.114. The van der Waals surface area contributed by atoms with Crippen molar-refractivity contribution in [3.8, 4) is 17.2 Å². The highest BCUT2D eigenvalue weighted by molar-refractivity contribution is 8.27. The number of ether oxygens (including phenoxy) is 3. The zero-order valence-electron chi connectivity index (χ0n) is 21.1. The third-order valence-corrected chi connectivity index (χ3v) is 6.75. The lowest BCUT2D eigenvalue weighted by Crippen LogP contribution is -2.35. The van der Waals surface area contributed by atoms with Crippen LogP contribution in [0.5, 0.6) is 17.2 Å². The molecule has 9 heteroatoms. The predicted molar refractivity (Wildman–Crippen MR) is 144 cm³/mol. The Hall–Kier alpha value is -3.59. The van der Waals surface area contributed by atoms with E-state index in [1.807, 2.05) is 58.9 Å². The van der Waals surface area contributed by atoms with Crippen LogP contribution < -0.4 is 14.2 Å². The maximum atomic E-state index is 12.7. The van der Waals surface area contributed by atoms with Crippen molar-refractivity contribution in [3.05, 3.63) is 58.7 Å². The highest BCUT2D eigenvalue weighted by Gasteiger charge is 2.36. The molecule has 2 aliphatic rings. The number of hydrogen-bond acceptors (Lipinski definition) is 7. The molecule has 1 amide bonds. The second-order valence-corrected chi connectivity index (χ2v) is 9.66. The number of carbonyl (C=O) groups excluding carboxylic acids is 1. The average molecular weight is 507 g/mol. The number of benzene rings is 2. The molecule has 0 spiro atoms. The van der Waals surface area contributed by atoms with E-state index in [0.29, 0.717) is 42.1 Å². The zero-order valence-corrected chi connectivity index (χ0v) is 21.9. The molecule has 2 aliphatic heterocycles. The van der Waals surface area contributed by atoms with Gasteiger partial charge in [0.05, 0.1) is 12.2 Å². The minimum Gasteiger partial charge on any atom is -0.490 e. The molecular weight excluding hydrogens is 476 g/mol. The Balaban J connectivity index is 1.48. The summed E-state index contributed by atoms with van der Waals surface area (Å²) < 4.78 is 17.7. The monoisotopic (exact) mass is 506 g/mol. The van der Waals surface area contributed by atoms with Crippen LogP contribution in [0.1, 0.15) is 37.5 Å². The summed E-state index contributed by atoms with van der Waals surface area (Å²) in [6, 6.07) is 11.4. The third kappa shape index (κ3) is 5.46. The fraction of sp³-hybridized carbons (Fsp3) is 0.333. The number of aryl methyl sites for hydroxylation is 2. The lowest BCUT2D eigenvalue weighted by Gasteiger charge is -2.20. The molecule has 0 radical (unpaired) electrons. The van der Waals surface area contributed by atoms with Gasteiger partial charge in [-0.2, -0.15) is 15.1 Å². The molecule has 0 saturated carbocycles. The zero-order chi connectivity index (χ0) is 25.8. The van der Waals surface area contributed by atoms with Gasteiger partial charge in [0.25, 0.3) is 5.91 Å². The van der Waals surface area contributed by atoms with Gasteiger partial charge in [-0.15, -0.1) is 0 Å². The van der Waals surface area contributed by atoms with E-state index < -0.39 is 5.91 Å². The normalized spacial score (nSPS) is 16.3. The van der Waals surface area contributed by atoms with Gasteiger partial charge in [0, 0.05) is 5.92 Å². The predicted octanol–water partition coefficient (Wildman–Crippen LogP) is 5.44. The maximum absolute atomic E-state index is 12.7. The standard InChI is InChI=1S/C27H30N4O4S/c1-6-33-22-15-19(10-11-21(22)34-12-13-35-23-17(4)8-7-9-18(23)5)14-20-24(28)31-27(29-25(20)32)36-26(30-31)16(2)3/h7-11,14-16,28H,6,12-13H2,1-5H3/b20-14+,28-24?. The Kier molecular flexibility index (Phi) is 7.79. The van der Waals surface area contributed by atoms with Crippen molar-refractivity contribution in [2.24, 2.45) is 16.0 Å². The number of carbonyl (C=O) groups is 1. The van der Waals surface area contributed by atoms with Gasteiger partial charge in [-0.3, -0.25) is 10.2 Å². The van der Waals surface area contributed by atoms with E-state index in [9.17, 15) is 4.79 Å². The van der Waals surface area contributed by atoms with Gasteiger partial charge in [-0.05, 0) is 67.4 Å². The summed E-state index contributed by atoms with van der Waals surface area (Å²) in [5.74, 6) is 1.74. The molecule has 36 heavy (non-hydrogen) atoms. The third-order valence-electron chi connectivity index (χ3n) is 5.54. The van der Waals surface area contributed by atoms with Crippen LogP contribution in [0.2, 0.25) is 0 Å². The van der Waals surface area contributed by atoms with Gasteiger partial charge in [0.2, 0.25) is 5.17 Å². The highest BCUT2D eigenvalue weighted by Crippen LogP contribution is 2.33. The van der Waals surface area contributed by atoms with Crippen molar-refractivity contribution < 1.29 is 19.0 Å². The number of hydrogen-bond donors (Lipinski definition) is 1. The molecular formula is C27H30N4O4S. The smallest absolute Gasteiger partial charge is 0.283 e. The van der Waals surface area contributed by atoms with E-state index in [2.05, 4.69) is 10.1 Å². The number of hydrazone groups is 1. The van der Waals surface area contributed by atoms with Gasteiger partial charge < -0.3 is 14.2 Å². The van der Waals surface area contributed by atoms with Crippen molar-refractivity contribution in [1.29, 1.82) is 5.41 Å². The second-order valence-electron chi connectivity index (χ2n) is 8.67. The molecule has 8 nitrogen and oxygen atoms in total. The quantitative estimate of drug-likeness (QED) is 0.360. The van der Waals surface area contributed by atoms with Crippen molar-refractivity contribution in [2.75, 3.05) is 19.8 Å². The number of amides is 1. The molecule has 0 bridgehead atoms. The first-order valence-electron chi connectivity index (χ1n) is 11.9. The van der Waals surface area contributed by atoms with Gasteiger partial charge in [-0.25, -0.2) is 0 Å². The Bertz CT molecular complexity index is 1260. The van der Waals surface area contributed by atoms with E-state index in [1.165, 1.54) is 16.8 Å². The molecule has 1 N–H and O–H groups in total. The first-order chi connectivity index (χ1) is 17.3. The summed E-state index contributed by atoms with van der Waals surface area (Å²) in [5, 5.41) is 15.7. The van der Waals surface area contributed by atoms with E-state index in [-0.39, 0.29) is 17.3 Å². The first kappa shape index (κ1) is 25.5. The number of amidine groups is 2. The molecule has 2 aromatic rings. The molecule has 0 aromatic heterocycles. The Morgan fingerprint density at radius 3 is 2.47 bits per heavy atom. The lowest BCUT2D eigenvalue weighted by atomic mass is 10.1. The van der Waals surface area contributed by atoms with E-state index in [4.69, 9.17) is 19.6 Å². The fourth-order valence-corrected chi connectivity index (χ4v) is 4.62. The summed E-state index contributed by atoms with van der Waals surface area (Å²) >= 11 is 1.33. The minimum atomic E-state index is -0.458. The van der Waals surface area contributed by atoms with Crippen LogP contribution in [0.3, 0.4) is 0 Å². The Labute approximate surface area is 215 Å². The minimum absolute atomic E-state index is 0.00934. The number of nitrogens with zero attached hydrogens (tertiary/aromatic N) is 3. The molecule has 0 atom stereocenters. The second kappa shape index (κ2) is 11.0. The van der Waals surface area contributed by atoms with Gasteiger partial charge in [-0.1, -0.05) is 38.1 Å². The maximum Gasteiger partial charge on any atom is 0.283 e. The Morgan fingerprint density at radius 1 is 1.06 bits per heavy atom. The van der Waals surface area contributed by atoms with Crippen LogP contribution in [0.15, 0.2) is 52.1 Å². The summed E-state index contributed by atoms with van der Waals surface area (Å²) in [5.41, 5.74) is 3.04. The number of nitrogens with one attached hydrogen (secondary N) is 1. The van der Waals surface area contributed by atoms with Crippen LogP contribution in [0, 0.1) is 25.2 Å². The van der Waals surface area contributed by atoms with Crippen LogP contribution in [-0.4, -0.2) is 46.8 Å². The van der Waals surface area contributed by atoms with Crippen LogP contribution in [0.25, 0.3) is 6.08 Å². The van der Waals surface area contributed by atoms with E-state index in [0.717, 1.165) is 21.9 Å². The number of para-hydroxylation sites is 1.